The predicted molar refractivity (Wildman–Crippen MR) is 57.9 cm³/mol. The molecule has 4 nitrogen and oxygen atoms in total. The molecule has 1 fully saturated rings. The van der Waals surface area contributed by atoms with E-state index in [0.29, 0.717) is 5.56 Å². The summed E-state index contributed by atoms with van der Waals surface area (Å²) >= 11 is 0. The fraction of sp³-hybridized carbons (Fsp3) is 0.333. The molecule has 1 atom stereocenters. The quantitative estimate of drug-likeness (QED) is 0.783. The number of rotatable bonds is 1. The maximum absolute atomic E-state index is 11.6. The fourth-order valence-corrected chi connectivity index (χ4v) is 1.70. The van der Waals surface area contributed by atoms with Crippen LogP contribution in [-0.2, 0) is 15.1 Å². The first kappa shape index (κ1) is 10.7. The van der Waals surface area contributed by atoms with E-state index in [-0.39, 0.29) is 0 Å². The molecule has 2 amide bonds. The molecule has 0 aliphatic carbocycles. The number of carbonyl (C=O) groups excluding carboxylic acids is 2. The molecule has 1 N–H and O–H groups in total. The predicted octanol–water partition coefficient (Wildman–Crippen LogP) is 1.79. The lowest BCUT2D eigenvalue weighted by molar-refractivity contribution is -0.130. The number of nitrogens with one attached hydrogen (secondary N) is 1. The normalized spacial score (nSPS) is 24.2. The first-order valence-electron chi connectivity index (χ1n) is 5.05. The molecule has 1 unspecified atom stereocenters. The van der Waals surface area contributed by atoms with Gasteiger partial charge in [0.2, 0.25) is 5.60 Å². The summed E-state index contributed by atoms with van der Waals surface area (Å²) < 4.78 is 5.04. The van der Waals surface area contributed by atoms with Crippen molar-refractivity contribution in [3.63, 3.8) is 0 Å². The van der Waals surface area contributed by atoms with Crippen molar-refractivity contribution in [3.05, 3.63) is 34.9 Å². The molecule has 0 spiro atoms. The van der Waals surface area contributed by atoms with E-state index >= 15 is 0 Å². The van der Waals surface area contributed by atoms with Crippen LogP contribution in [0.3, 0.4) is 0 Å². The van der Waals surface area contributed by atoms with Crippen LogP contribution in [0.2, 0.25) is 0 Å². The van der Waals surface area contributed by atoms with Crippen LogP contribution in [0.1, 0.15) is 23.6 Å². The van der Waals surface area contributed by atoms with E-state index in [9.17, 15) is 9.59 Å². The average Bonchev–Trinajstić information content (AvgIpc) is 2.46. The van der Waals surface area contributed by atoms with Crippen LogP contribution in [-0.4, -0.2) is 12.0 Å². The molecule has 84 valence electrons. The zero-order chi connectivity index (χ0) is 11.9. The van der Waals surface area contributed by atoms with Gasteiger partial charge in [0.05, 0.1) is 0 Å². The Morgan fingerprint density at radius 2 is 1.88 bits per heavy atom. The Hall–Kier alpha value is -1.84. The third kappa shape index (κ3) is 1.46. The lowest BCUT2D eigenvalue weighted by Crippen LogP contribution is -2.33. The van der Waals surface area contributed by atoms with Gasteiger partial charge in [-0.15, -0.1) is 0 Å². The molecular weight excluding hydrogens is 206 g/mol. The minimum absolute atomic E-state index is 0.416. The van der Waals surface area contributed by atoms with Gasteiger partial charge in [-0.05, 0) is 31.9 Å². The van der Waals surface area contributed by atoms with E-state index in [0.717, 1.165) is 11.1 Å². The molecule has 1 saturated heterocycles. The van der Waals surface area contributed by atoms with E-state index in [1.54, 1.807) is 13.0 Å². The highest BCUT2D eigenvalue weighted by atomic mass is 16.6. The number of imide groups is 1. The van der Waals surface area contributed by atoms with E-state index in [4.69, 9.17) is 4.74 Å². The summed E-state index contributed by atoms with van der Waals surface area (Å²) in [5.41, 5.74) is 1.70. The van der Waals surface area contributed by atoms with Gasteiger partial charge in [0, 0.05) is 5.56 Å². The second-order valence-electron chi connectivity index (χ2n) is 4.18. The molecule has 2 rings (SSSR count). The first-order chi connectivity index (χ1) is 7.43. The molecule has 4 heteroatoms. The van der Waals surface area contributed by atoms with Gasteiger partial charge in [-0.2, -0.15) is 0 Å². The van der Waals surface area contributed by atoms with Crippen LogP contribution in [0, 0.1) is 13.8 Å². The second kappa shape index (κ2) is 3.33. The molecule has 1 aromatic carbocycles. The number of benzene rings is 1. The Labute approximate surface area is 93.6 Å². The van der Waals surface area contributed by atoms with Crippen molar-refractivity contribution in [2.75, 3.05) is 0 Å². The lowest BCUT2D eigenvalue weighted by atomic mass is 9.92. The third-order valence-electron chi connectivity index (χ3n) is 3.00. The van der Waals surface area contributed by atoms with E-state index < -0.39 is 17.6 Å². The Bertz CT molecular complexity index is 481. The van der Waals surface area contributed by atoms with Crippen LogP contribution in [0.4, 0.5) is 4.79 Å². The Balaban J connectivity index is 2.47. The molecule has 1 aliphatic rings. The van der Waals surface area contributed by atoms with Crippen molar-refractivity contribution in [1.29, 1.82) is 0 Å². The fourth-order valence-electron chi connectivity index (χ4n) is 1.70. The van der Waals surface area contributed by atoms with Crippen molar-refractivity contribution in [3.8, 4) is 0 Å². The zero-order valence-corrected chi connectivity index (χ0v) is 9.46. The third-order valence-corrected chi connectivity index (χ3v) is 3.00. The summed E-state index contributed by atoms with van der Waals surface area (Å²) in [5.74, 6) is -0.416. The summed E-state index contributed by atoms with van der Waals surface area (Å²) in [5, 5.41) is 2.14. The number of amides is 2. The molecule has 16 heavy (non-hydrogen) atoms. The van der Waals surface area contributed by atoms with E-state index in [1.165, 1.54) is 0 Å². The molecular formula is C12H13NO3. The molecule has 0 radical (unpaired) electrons. The number of hydrogen-bond acceptors (Lipinski definition) is 3. The summed E-state index contributed by atoms with van der Waals surface area (Å²) in [4.78, 5) is 22.7. The van der Waals surface area contributed by atoms with Gasteiger partial charge < -0.3 is 4.74 Å². The van der Waals surface area contributed by atoms with Crippen LogP contribution < -0.4 is 5.32 Å². The first-order valence-corrected chi connectivity index (χ1v) is 5.05. The van der Waals surface area contributed by atoms with Crippen molar-refractivity contribution in [2.45, 2.75) is 26.4 Å². The minimum Gasteiger partial charge on any atom is -0.428 e. The molecule has 0 saturated carbocycles. The maximum Gasteiger partial charge on any atom is 0.415 e. The summed E-state index contributed by atoms with van der Waals surface area (Å²) in [7, 11) is 0. The highest BCUT2D eigenvalue weighted by Gasteiger charge is 2.46. The standard InChI is InChI=1S/C12H13NO3/c1-7-4-5-9(6-8(7)2)12(3)10(14)13-11(15)16-12/h4-6H,1-3H3,(H,13,14,15). The van der Waals surface area contributed by atoms with Gasteiger partial charge >= 0.3 is 6.09 Å². The van der Waals surface area contributed by atoms with Crippen LogP contribution in [0.25, 0.3) is 0 Å². The van der Waals surface area contributed by atoms with Gasteiger partial charge in [0.1, 0.15) is 0 Å². The molecule has 1 aliphatic heterocycles. The Kier molecular flexibility index (Phi) is 2.22. The number of cyclic esters (lactones) is 1. The average molecular weight is 219 g/mol. The number of aryl methyl sites for hydroxylation is 2. The topological polar surface area (TPSA) is 55.4 Å². The van der Waals surface area contributed by atoms with Crippen molar-refractivity contribution in [1.82, 2.24) is 5.32 Å². The van der Waals surface area contributed by atoms with Gasteiger partial charge in [0.25, 0.3) is 5.91 Å². The van der Waals surface area contributed by atoms with Crippen molar-refractivity contribution in [2.24, 2.45) is 0 Å². The maximum atomic E-state index is 11.6. The summed E-state index contributed by atoms with van der Waals surface area (Å²) in [6.07, 6.45) is -0.689. The monoisotopic (exact) mass is 219 g/mol. The molecule has 0 bridgehead atoms. The number of ether oxygens (including phenoxy) is 1. The second-order valence-corrected chi connectivity index (χ2v) is 4.18. The van der Waals surface area contributed by atoms with Crippen LogP contribution in [0.15, 0.2) is 18.2 Å². The van der Waals surface area contributed by atoms with Gasteiger partial charge in [-0.3, -0.25) is 10.1 Å². The Morgan fingerprint density at radius 1 is 1.19 bits per heavy atom. The summed E-state index contributed by atoms with van der Waals surface area (Å²) in [6, 6.07) is 5.59. The summed E-state index contributed by atoms with van der Waals surface area (Å²) in [6.45, 7) is 5.54. The largest absolute Gasteiger partial charge is 0.428 e. The molecule has 1 heterocycles. The van der Waals surface area contributed by atoms with Gasteiger partial charge in [-0.25, -0.2) is 4.79 Å². The number of carbonyl (C=O) groups is 2. The number of hydrogen-bond donors (Lipinski definition) is 1. The highest BCUT2D eigenvalue weighted by Crippen LogP contribution is 2.30. The van der Waals surface area contributed by atoms with E-state index in [2.05, 4.69) is 5.32 Å². The van der Waals surface area contributed by atoms with Gasteiger partial charge in [0.15, 0.2) is 0 Å². The lowest BCUT2D eigenvalue weighted by Gasteiger charge is -2.20. The molecule has 0 aromatic heterocycles. The van der Waals surface area contributed by atoms with Crippen LogP contribution in [0.5, 0.6) is 0 Å². The molecule has 1 aromatic rings. The minimum atomic E-state index is -1.20. The highest BCUT2D eigenvalue weighted by molar-refractivity contribution is 6.03. The van der Waals surface area contributed by atoms with E-state index in [1.807, 2.05) is 26.0 Å². The van der Waals surface area contributed by atoms with Crippen LogP contribution >= 0.6 is 0 Å². The SMILES string of the molecule is Cc1ccc(C2(C)OC(=O)NC2=O)cc1C. The van der Waals surface area contributed by atoms with Gasteiger partial charge in [-0.1, -0.05) is 18.2 Å². The number of alkyl carbamates (subject to hydrolysis) is 1. The smallest absolute Gasteiger partial charge is 0.415 e. The zero-order valence-electron chi connectivity index (χ0n) is 9.46. The van der Waals surface area contributed by atoms with Crippen molar-refractivity contribution >= 4 is 12.0 Å². The van der Waals surface area contributed by atoms with Crippen molar-refractivity contribution < 1.29 is 14.3 Å². The Morgan fingerprint density at radius 3 is 2.38 bits per heavy atom.